The Morgan fingerprint density at radius 3 is 1.89 bits per heavy atom. The molecule has 2 atom stereocenters. The van der Waals surface area contributed by atoms with E-state index in [4.69, 9.17) is 15.3 Å². The molecular formula is C5H10O4. The van der Waals surface area contributed by atoms with Crippen molar-refractivity contribution in [3.05, 3.63) is 0 Å². The molecule has 0 aliphatic heterocycles. The number of carbonyl (C=O) groups excluding carboxylic acids is 1. The number of aliphatic hydroxyl groups is 3. The van der Waals surface area contributed by atoms with E-state index in [-0.39, 0.29) is 6.29 Å². The van der Waals surface area contributed by atoms with E-state index in [1.807, 2.05) is 0 Å². The van der Waals surface area contributed by atoms with E-state index in [1.54, 1.807) is 0 Å². The highest BCUT2D eigenvalue weighted by Gasteiger charge is 2.18. The van der Waals surface area contributed by atoms with Gasteiger partial charge in [-0.1, -0.05) is 6.92 Å². The fourth-order valence-electron chi connectivity index (χ4n) is 0.300. The molecule has 0 aromatic heterocycles. The molecule has 0 saturated carbocycles. The maximum absolute atomic E-state index is 9.78. The van der Waals surface area contributed by atoms with E-state index in [0.29, 0.717) is 0 Å². The van der Waals surface area contributed by atoms with E-state index < -0.39 is 18.3 Å². The van der Waals surface area contributed by atoms with Gasteiger partial charge in [-0.05, 0) is 0 Å². The highest BCUT2D eigenvalue weighted by Crippen LogP contribution is 2.03. The molecule has 0 amide bonds. The van der Waals surface area contributed by atoms with Crippen molar-refractivity contribution in [3.63, 3.8) is 0 Å². The van der Waals surface area contributed by atoms with Crippen LogP contribution in [0.2, 0.25) is 0 Å². The van der Waals surface area contributed by atoms with Crippen LogP contribution >= 0.6 is 0 Å². The van der Waals surface area contributed by atoms with E-state index in [0.717, 1.165) is 0 Å². The molecule has 4 nitrogen and oxygen atoms in total. The molecule has 0 aliphatic rings. The average molecular weight is 134 g/mol. The molecule has 0 aliphatic carbocycles. The second-order valence-corrected chi connectivity index (χ2v) is 1.90. The number of aliphatic hydroxyl groups excluding tert-OH is 2. The van der Waals surface area contributed by atoms with Crippen molar-refractivity contribution in [2.24, 2.45) is 5.92 Å². The van der Waals surface area contributed by atoms with Crippen LogP contribution in [0.4, 0.5) is 0 Å². The molecular weight excluding hydrogens is 124 g/mol. The van der Waals surface area contributed by atoms with E-state index in [2.05, 4.69) is 0 Å². The maximum Gasteiger partial charge on any atom is 0.156 e. The lowest BCUT2D eigenvalue weighted by molar-refractivity contribution is -0.134. The summed E-state index contributed by atoms with van der Waals surface area (Å²) in [7, 11) is 0. The molecule has 0 saturated heterocycles. The van der Waals surface area contributed by atoms with Crippen LogP contribution in [-0.4, -0.2) is 34.0 Å². The first-order chi connectivity index (χ1) is 4.09. The predicted octanol–water partition coefficient (Wildman–Crippen LogP) is -1.51. The Labute approximate surface area is 52.7 Å². The topological polar surface area (TPSA) is 77.8 Å². The summed E-state index contributed by atoms with van der Waals surface area (Å²) < 4.78 is 0. The monoisotopic (exact) mass is 134 g/mol. The van der Waals surface area contributed by atoms with Crippen molar-refractivity contribution < 1.29 is 20.1 Å². The van der Waals surface area contributed by atoms with Crippen LogP contribution in [-0.2, 0) is 4.79 Å². The van der Waals surface area contributed by atoms with Crippen LogP contribution in [0.25, 0.3) is 0 Å². The van der Waals surface area contributed by atoms with Gasteiger partial charge in [0.05, 0.1) is 0 Å². The number of hydrogen-bond acceptors (Lipinski definition) is 4. The third-order valence-corrected chi connectivity index (χ3v) is 1.15. The van der Waals surface area contributed by atoms with Crippen molar-refractivity contribution in [1.82, 2.24) is 0 Å². The Bertz CT molecular complexity index is 91.0. The van der Waals surface area contributed by atoms with Gasteiger partial charge in [0.25, 0.3) is 0 Å². The zero-order chi connectivity index (χ0) is 7.44. The Kier molecular flexibility index (Phi) is 3.37. The van der Waals surface area contributed by atoms with Crippen molar-refractivity contribution in [1.29, 1.82) is 0 Å². The molecule has 0 rings (SSSR count). The van der Waals surface area contributed by atoms with Gasteiger partial charge in [0.1, 0.15) is 12.4 Å². The first-order valence-electron chi connectivity index (χ1n) is 2.59. The summed E-state index contributed by atoms with van der Waals surface area (Å²) in [5.41, 5.74) is 0. The van der Waals surface area contributed by atoms with Gasteiger partial charge in [-0.2, -0.15) is 0 Å². The van der Waals surface area contributed by atoms with Crippen LogP contribution in [0.3, 0.4) is 0 Å². The maximum atomic E-state index is 9.78. The molecule has 54 valence electrons. The highest BCUT2D eigenvalue weighted by atomic mass is 16.5. The van der Waals surface area contributed by atoms with Crippen molar-refractivity contribution in [3.8, 4) is 0 Å². The van der Waals surface area contributed by atoms with Crippen molar-refractivity contribution in [2.75, 3.05) is 0 Å². The Morgan fingerprint density at radius 1 is 1.33 bits per heavy atom. The number of hydrogen-bond donors (Lipinski definition) is 3. The molecule has 9 heavy (non-hydrogen) atoms. The quantitative estimate of drug-likeness (QED) is 0.324. The third kappa shape index (κ3) is 2.55. The van der Waals surface area contributed by atoms with E-state index in [1.165, 1.54) is 6.92 Å². The molecule has 0 fully saturated rings. The Morgan fingerprint density at radius 2 is 1.78 bits per heavy atom. The fourth-order valence-corrected chi connectivity index (χ4v) is 0.300. The second kappa shape index (κ2) is 3.55. The van der Waals surface area contributed by atoms with Crippen LogP contribution in [0.5, 0.6) is 0 Å². The molecule has 0 aromatic rings. The summed E-state index contributed by atoms with van der Waals surface area (Å²) >= 11 is 0. The minimum atomic E-state index is -1.63. The second-order valence-electron chi connectivity index (χ2n) is 1.90. The lowest BCUT2D eigenvalue weighted by atomic mass is 10.1. The van der Waals surface area contributed by atoms with Crippen molar-refractivity contribution >= 4 is 6.29 Å². The molecule has 0 spiro atoms. The minimum Gasteiger partial charge on any atom is -0.385 e. The minimum absolute atomic E-state index is 0.268. The summed E-state index contributed by atoms with van der Waals surface area (Å²) in [5.74, 6) is -0.817. The summed E-state index contributed by atoms with van der Waals surface area (Å²) in [6.07, 6.45) is -2.65. The third-order valence-electron chi connectivity index (χ3n) is 1.15. The summed E-state index contributed by atoms with van der Waals surface area (Å²) in [4.78, 5) is 9.78. The molecule has 0 aromatic carbocycles. The summed E-state index contributed by atoms with van der Waals surface area (Å²) in [6, 6.07) is 0. The van der Waals surface area contributed by atoms with Gasteiger partial charge < -0.3 is 20.1 Å². The Hall–Kier alpha value is -0.450. The van der Waals surface area contributed by atoms with Gasteiger partial charge in [-0.15, -0.1) is 0 Å². The number of carbonyl (C=O) groups is 1. The van der Waals surface area contributed by atoms with Crippen molar-refractivity contribution in [2.45, 2.75) is 19.3 Å². The summed E-state index contributed by atoms with van der Waals surface area (Å²) in [5, 5.41) is 25.3. The van der Waals surface area contributed by atoms with Crippen LogP contribution in [0.15, 0.2) is 0 Å². The van der Waals surface area contributed by atoms with Gasteiger partial charge >= 0.3 is 0 Å². The van der Waals surface area contributed by atoms with Crippen LogP contribution in [0.1, 0.15) is 6.92 Å². The molecule has 3 N–H and O–H groups in total. The first-order valence-corrected chi connectivity index (χ1v) is 2.59. The molecule has 0 heterocycles. The summed E-state index contributed by atoms with van der Waals surface area (Å²) in [6.45, 7) is 1.36. The largest absolute Gasteiger partial charge is 0.385 e. The number of aldehydes is 1. The van der Waals surface area contributed by atoms with Gasteiger partial charge in [0.2, 0.25) is 0 Å². The van der Waals surface area contributed by atoms with Gasteiger partial charge in [0, 0.05) is 5.92 Å². The van der Waals surface area contributed by atoms with E-state index >= 15 is 0 Å². The van der Waals surface area contributed by atoms with Gasteiger partial charge in [0.15, 0.2) is 6.29 Å². The molecule has 0 bridgehead atoms. The van der Waals surface area contributed by atoms with Crippen LogP contribution < -0.4 is 0 Å². The molecule has 0 unspecified atom stereocenters. The Balaban J connectivity index is 3.71. The lowest BCUT2D eigenvalue weighted by Gasteiger charge is -2.14. The lowest BCUT2D eigenvalue weighted by Crippen LogP contribution is -2.29. The fraction of sp³-hybridized carbons (Fsp3) is 0.800. The average Bonchev–Trinajstić information content (AvgIpc) is 1.84. The molecule has 0 radical (unpaired) electrons. The predicted molar refractivity (Wildman–Crippen MR) is 29.5 cm³/mol. The SMILES string of the molecule is C[C@@H](C(O)O)[C@@H](O)C=O. The zero-order valence-corrected chi connectivity index (χ0v) is 5.06. The smallest absolute Gasteiger partial charge is 0.156 e. The van der Waals surface area contributed by atoms with Crippen LogP contribution in [0, 0.1) is 5.92 Å². The van der Waals surface area contributed by atoms with Gasteiger partial charge in [-0.25, -0.2) is 0 Å². The zero-order valence-electron chi connectivity index (χ0n) is 5.06. The molecule has 4 heteroatoms. The number of rotatable bonds is 3. The van der Waals surface area contributed by atoms with Gasteiger partial charge in [-0.3, -0.25) is 0 Å². The standard InChI is InChI=1S/C5H10O4/c1-3(5(8)9)4(7)2-6/h2-5,7-9H,1H3/t3-,4+/m1/s1. The normalized spacial score (nSPS) is 17.4. The van der Waals surface area contributed by atoms with E-state index in [9.17, 15) is 4.79 Å². The highest BCUT2D eigenvalue weighted by molar-refractivity contribution is 5.55. The first kappa shape index (κ1) is 8.55.